The van der Waals surface area contributed by atoms with Crippen LogP contribution in [0.5, 0.6) is 0 Å². The van der Waals surface area contributed by atoms with Crippen molar-refractivity contribution in [1.29, 1.82) is 0 Å². The lowest BCUT2D eigenvalue weighted by Gasteiger charge is -2.12. The van der Waals surface area contributed by atoms with Crippen LogP contribution in [0.15, 0.2) is 23.1 Å². The first-order chi connectivity index (χ1) is 8.88. The van der Waals surface area contributed by atoms with E-state index in [1.54, 1.807) is 0 Å². The summed E-state index contributed by atoms with van der Waals surface area (Å²) < 4.78 is 52.5. The molecule has 0 aliphatic heterocycles. The Hall–Kier alpha value is -0.720. The van der Waals surface area contributed by atoms with Gasteiger partial charge >= 0.3 is 0 Å². The molecule has 0 amide bonds. The molecule has 1 aliphatic carbocycles. The van der Waals surface area contributed by atoms with E-state index in [4.69, 9.17) is 11.6 Å². The van der Waals surface area contributed by atoms with E-state index in [2.05, 4.69) is 4.72 Å². The standard InChI is InChI=1S/C12H14ClF2NO2S/c13-9-2-1-8(5-9)7-16-19(17,18)12-6-10(14)3-4-11(12)15/h3-4,6,8-9,16H,1-2,5,7H2. The lowest BCUT2D eigenvalue weighted by Crippen LogP contribution is -2.29. The van der Waals surface area contributed by atoms with E-state index in [0.717, 1.165) is 31.4 Å². The zero-order valence-corrected chi connectivity index (χ0v) is 11.6. The van der Waals surface area contributed by atoms with Crippen LogP contribution in [0.4, 0.5) is 8.78 Å². The minimum Gasteiger partial charge on any atom is -0.211 e. The van der Waals surface area contributed by atoms with Crippen molar-refractivity contribution >= 4 is 21.6 Å². The Bertz CT molecular complexity index is 565. The van der Waals surface area contributed by atoms with E-state index < -0.39 is 26.6 Å². The highest BCUT2D eigenvalue weighted by atomic mass is 35.5. The molecule has 7 heteroatoms. The molecule has 1 aromatic rings. The zero-order valence-electron chi connectivity index (χ0n) is 10.1. The molecular weight excluding hydrogens is 296 g/mol. The van der Waals surface area contributed by atoms with Gasteiger partial charge in [0.1, 0.15) is 16.5 Å². The maximum atomic E-state index is 13.4. The molecule has 0 bridgehead atoms. The molecule has 0 aromatic heterocycles. The van der Waals surface area contributed by atoms with Crippen molar-refractivity contribution in [3.8, 4) is 0 Å². The third-order valence-corrected chi connectivity index (χ3v) is 5.06. The summed E-state index contributed by atoms with van der Waals surface area (Å²) in [6.07, 6.45) is 2.42. The second kappa shape index (κ2) is 5.73. The number of alkyl halides is 1. The number of benzene rings is 1. The van der Waals surface area contributed by atoms with Crippen LogP contribution >= 0.6 is 11.6 Å². The molecule has 19 heavy (non-hydrogen) atoms. The van der Waals surface area contributed by atoms with Gasteiger partial charge in [0, 0.05) is 11.9 Å². The van der Waals surface area contributed by atoms with Crippen molar-refractivity contribution in [2.45, 2.75) is 29.5 Å². The second-order valence-electron chi connectivity index (χ2n) is 4.70. The van der Waals surface area contributed by atoms with Gasteiger partial charge in [0.05, 0.1) is 0 Å². The second-order valence-corrected chi connectivity index (χ2v) is 7.06. The fraction of sp³-hybridized carbons (Fsp3) is 0.500. The van der Waals surface area contributed by atoms with Crippen molar-refractivity contribution in [3.05, 3.63) is 29.8 Å². The van der Waals surface area contributed by atoms with Gasteiger partial charge < -0.3 is 0 Å². The Balaban J connectivity index is 2.08. The number of nitrogens with one attached hydrogen (secondary N) is 1. The summed E-state index contributed by atoms with van der Waals surface area (Å²) in [4.78, 5) is -0.659. The average molecular weight is 310 g/mol. The molecule has 2 atom stereocenters. The van der Waals surface area contributed by atoms with Gasteiger partial charge in [-0.15, -0.1) is 11.6 Å². The summed E-state index contributed by atoms with van der Waals surface area (Å²) in [5, 5.41) is 0.0698. The van der Waals surface area contributed by atoms with Crippen LogP contribution in [0.1, 0.15) is 19.3 Å². The SMILES string of the molecule is O=S(=O)(NCC1CCC(Cl)C1)c1cc(F)ccc1F. The van der Waals surface area contributed by atoms with Crippen LogP contribution in [0.3, 0.4) is 0 Å². The Morgan fingerprint density at radius 3 is 2.68 bits per heavy atom. The first-order valence-electron chi connectivity index (χ1n) is 5.97. The quantitative estimate of drug-likeness (QED) is 0.869. The molecule has 0 saturated heterocycles. The van der Waals surface area contributed by atoms with E-state index in [-0.39, 0.29) is 17.8 Å². The predicted molar refractivity (Wildman–Crippen MR) is 68.5 cm³/mol. The topological polar surface area (TPSA) is 46.2 Å². The summed E-state index contributed by atoms with van der Waals surface area (Å²) in [7, 11) is -4.03. The summed E-state index contributed by atoms with van der Waals surface area (Å²) in [5.41, 5.74) is 0. The molecule has 1 N–H and O–H groups in total. The van der Waals surface area contributed by atoms with Crippen LogP contribution in [0.25, 0.3) is 0 Å². The summed E-state index contributed by atoms with van der Waals surface area (Å²) in [6, 6.07) is 2.36. The molecule has 1 aromatic carbocycles. The van der Waals surface area contributed by atoms with Gasteiger partial charge in [0.15, 0.2) is 0 Å². The molecule has 0 heterocycles. The summed E-state index contributed by atoms with van der Waals surface area (Å²) >= 11 is 5.93. The van der Waals surface area contributed by atoms with Crippen molar-refractivity contribution in [2.24, 2.45) is 5.92 Å². The first kappa shape index (κ1) is 14.7. The molecule has 0 spiro atoms. The Labute approximate surface area is 116 Å². The molecule has 1 fully saturated rings. The Morgan fingerprint density at radius 2 is 2.05 bits per heavy atom. The summed E-state index contributed by atoms with van der Waals surface area (Å²) in [5.74, 6) is -1.60. The molecule has 1 saturated carbocycles. The molecular formula is C12H14ClF2NO2S. The lowest BCUT2D eigenvalue weighted by molar-refractivity contribution is 0.512. The number of rotatable bonds is 4. The number of halogens is 3. The van der Waals surface area contributed by atoms with Gasteiger partial charge in [0.2, 0.25) is 10.0 Å². The van der Waals surface area contributed by atoms with E-state index in [0.29, 0.717) is 6.07 Å². The zero-order chi connectivity index (χ0) is 14.0. The Kier molecular flexibility index (Phi) is 4.43. The highest BCUT2D eigenvalue weighted by Gasteiger charge is 2.26. The third-order valence-electron chi connectivity index (χ3n) is 3.22. The van der Waals surface area contributed by atoms with Crippen molar-refractivity contribution in [1.82, 2.24) is 4.72 Å². The maximum Gasteiger partial charge on any atom is 0.243 e. The van der Waals surface area contributed by atoms with Crippen LogP contribution in [0, 0.1) is 17.6 Å². The average Bonchev–Trinajstić information content (AvgIpc) is 2.76. The lowest BCUT2D eigenvalue weighted by atomic mass is 10.1. The highest BCUT2D eigenvalue weighted by molar-refractivity contribution is 7.89. The normalized spacial score (nSPS) is 23.7. The van der Waals surface area contributed by atoms with Crippen molar-refractivity contribution in [3.63, 3.8) is 0 Å². The fourth-order valence-electron chi connectivity index (χ4n) is 2.19. The van der Waals surface area contributed by atoms with Gasteiger partial charge in [0.25, 0.3) is 0 Å². The van der Waals surface area contributed by atoms with E-state index in [1.165, 1.54) is 0 Å². The molecule has 2 unspecified atom stereocenters. The number of sulfonamides is 1. The largest absolute Gasteiger partial charge is 0.243 e. The van der Waals surface area contributed by atoms with Crippen LogP contribution in [-0.4, -0.2) is 20.3 Å². The maximum absolute atomic E-state index is 13.4. The predicted octanol–water partition coefficient (Wildman–Crippen LogP) is 2.65. The molecule has 2 rings (SSSR count). The minimum atomic E-state index is -4.03. The van der Waals surface area contributed by atoms with Crippen LogP contribution in [-0.2, 0) is 10.0 Å². The van der Waals surface area contributed by atoms with Gasteiger partial charge in [-0.3, -0.25) is 0 Å². The third kappa shape index (κ3) is 3.64. The number of hydrogen-bond donors (Lipinski definition) is 1. The number of hydrogen-bond acceptors (Lipinski definition) is 2. The molecule has 0 radical (unpaired) electrons. The monoisotopic (exact) mass is 309 g/mol. The van der Waals surface area contributed by atoms with E-state index in [1.807, 2.05) is 0 Å². The van der Waals surface area contributed by atoms with Crippen LogP contribution in [0.2, 0.25) is 0 Å². The fourth-order valence-corrected chi connectivity index (χ4v) is 3.77. The Morgan fingerprint density at radius 1 is 1.32 bits per heavy atom. The van der Waals surface area contributed by atoms with E-state index in [9.17, 15) is 17.2 Å². The first-order valence-corrected chi connectivity index (χ1v) is 7.89. The van der Waals surface area contributed by atoms with Gasteiger partial charge in [-0.1, -0.05) is 0 Å². The van der Waals surface area contributed by atoms with Gasteiger partial charge in [-0.25, -0.2) is 21.9 Å². The van der Waals surface area contributed by atoms with Crippen molar-refractivity contribution < 1.29 is 17.2 Å². The van der Waals surface area contributed by atoms with Crippen molar-refractivity contribution in [2.75, 3.05) is 6.54 Å². The van der Waals surface area contributed by atoms with Gasteiger partial charge in [-0.2, -0.15) is 0 Å². The highest BCUT2D eigenvalue weighted by Crippen LogP contribution is 2.29. The van der Waals surface area contributed by atoms with Gasteiger partial charge in [-0.05, 0) is 43.4 Å². The van der Waals surface area contributed by atoms with Crippen LogP contribution < -0.4 is 4.72 Å². The smallest absolute Gasteiger partial charge is 0.211 e. The molecule has 106 valence electrons. The molecule has 3 nitrogen and oxygen atoms in total. The molecule has 1 aliphatic rings. The minimum absolute atomic E-state index is 0.0698. The van der Waals surface area contributed by atoms with E-state index >= 15 is 0 Å². The summed E-state index contributed by atoms with van der Waals surface area (Å²) in [6.45, 7) is 0.196.